The molecule has 1 aliphatic rings. The van der Waals surface area contributed by atoms with Gasteiger partial charge in [0.25, 0.3) is 0 Å². The van der Waals surface area contributed by atoms with Crippen LogP contribution in [0.4, 0.5) is 0 Å². The van der Waals surface area contributed by atoms with Gasteiger partial charge >= 0.3 is 0 Å². The van der Waals surface area contributed by atoms with Crippen LogP contribution >= 0.6 is 11.6 Å². The molecule has 1 aliphatic carbocycles. The van der Waals surface area contributed by atoms with Crippen LogP contribution in [0.15, 0.2) is 42.5 Å². The molecule has 0 N–H and O–H groups in total. The summed E-state index contributed by atoms with van der Waals surface area (Å²) in [5.74, 6) is 1.15. The zero-order valence-electron chi connectivity index (χ0n) is 20.4. The van der Waals surface area contributed by atoms with E-state index in [2.05, 4.69) is 36.6 Å². The Labute approximate surface area is 202 Å². The number of rotatable bonds is 8. The molecule has 1 saturated carbocycles. The maximum atomic E-state index is 13.9. The van der Waals surface area contributed by atoms with E-state index in [4.69, 9.17) is 11.6 Å². The molecule has 0 amide bonds. The molecule has 3 aromatic rings. The number of ketones is 2. The second kappa shape index (κ2) is 9.10. The lowest BCUT2D eigenvalue weighted by Gasteiger charge is -2.29. The Morgan fingerprint density at radius 1 is 1.09 bits per heavy atom. The molecule has 3 nitrogen and oxygen atoms in total. The van der Waals surface area contributed by atoms with Crippen LogP contribution in [0.5, 0.6) is 0 Å². The molecule has 0 spiro atoms. The maximum Gasteiger partial charge on any atom is 0.195 e. The van der Waals surface area contributed by atoms with Crippen LogP contribution in [0.25, 0.3) is 10.9 Å². The molecule has 4 rings (SSSR count). The van der Waals surface area contributed by atoms with Crippen LogP contribution < -0.4 is 0 Å². The van der Waals surface area contributed by atoms with Crippen molar-refractivity contribution >= 4 is 34.1 Å². The Kier molecular flexibility index (Phi) is 6.55. The quantitative estimate of drug-likeness (QED) is 0.322. The summed E-state index contributed by atoms with van der Waals surface area (Å²) in [5.41, 5.74) is 4.16. The Balaban J connectivity index is 1.97. The number of halogens is 1. The van der Waals surface area contributed by atoms with Gasteiger partial charge in [0.2, 0.25) is 0 Å². The van der Waals surface area contributed by atoms with Crippen molar-refractivity contribution in [2.45, 2.75) is 72.8 Å². The highest BCUT2D eigenvalue weighted by molar-refractivity contribution is 6.30. The maximum absolute atomic E-state index is 13.9. The van der Waals surface area contributed by atoms with Gasteiger partial charge < -0.3 is 4.57 Å². The smallest absolute Gasteiger partial charge is 0.195 e. The van der Waals surface area contributed by atoms with E-state index in [9.17, 15) is 9.59 Å². The van der Waals surface area contributed by atoms with Crippen molar-refractivity contribution in [1.82, 2.24) is 4.57 Å². The van der Waals surface area contributed by atoms with Gasteiger partial charge in [0, 0.05) is 45.6 Å². The molecule has 174 valence electrons. The summed E-state index contributed by atoms with van der Waals surface area (Å²) < 4.78 is 2.36. The third-order valence-corrected chi connectivity index (χ3v) is 7.68. The van der Waals surface area contributed by atoms with Gasteiger partial charge in [0.15, 0.2) is 5.78 Å². The van der Waals surface area contributed by atoms with Gasteiger partial charge in [0.05, 0.1) is 5.56 Å². The average molecular weight is 464 g/mol. The van der Waals surface area contributed by atoms with Crippen molar-refractivity contribution in [2.75, 3.05) is 0 Å². The molecule has 0 saturated heterocycles. The second-order valence-electron chi connectivity index (χ2n) is 10.6. The first-order chi connectivity index (χ1) is 15.6. The van der Waals surface area contributed by atoms with Crippen LogP contribution in [0.2, 0.25) is 5.02 Å². The topological polar surface area (TPSA) is 39.1 Å². The number of fused-ring (bicyclic) bond motifs is 1. The number of hydrogen-bond donors (Lipinski definition) is 0. The van der Waals surface area contributed by atoms with Crippen LogP contribution in [-0.4, -0.2) is 16.1 Å². The van der Waals surface area contributed by atoms with Gasteiger partial charge in [-0.15, -0.1) is 0 Å². The first-order valence-corrected chi connectivity index (χ1v) is 12.4. The molecular formula is C29H34ClNO2. The lowest BCUT2D eigenvalue weighted by atomic mass is 9.81. The Morgan fingerprint density at radius 2 is 1.76 bits per heavy atom. The Morgan fingerprint density at radius 3 is 2.30 bits per heavy atom. The molecule has 2 aromatic carbocycles. The number of Topliss-reactive ketones (excluding diaryl/α,β-unsaturated/α-hetero) is 1. The molecule has 0 atom stereocenters. The molecule has 4 heteroatoms. The minimum atomic E-state index is -0.554. The number of benzene rings is 2. The van der Waals surface area contributed by atoms with Crippen molar-refractivity contribution in [3.63, 3.8) is 0 Å². The first kappa shape index (κ1) is 23.8. The fourth-order valence-corrected chi connectivity index (χ4v) is 4.77. The molecule has 0 bridgehead atoms. The Bertz CT molecular complexity index is 1200. The third-order valence-electron chi connectivity index (χ3n) is 7.42. The minimum Gasteiger partial charge on any atom is -0.344 e. The lowest BCUT2D eigenvalue weighted by molar-refractivity contribution is -0.124. The number of hydrogen-bond acceptors (Lipinski definition) is 2. The molecule has 1 heterocycles. The van der Waals surface area contributed by atoms with Gasteiger partial charge in [-0.25, -0.2) is 0 Å². The van der Waals surface area contributed by atoms with E-state index in [0.717, 1.165) is 28.7 Å². The third kappa shape index (κ3) is 4.66. The van der Waals surface area contributed by atoms with E-state index in [-0.39, 0.29) is 11.6 Å². The summed E-state index contributed by atoms with van der Waals surface area (Å²) >= 11 is 6.09. The summed E-state index contributed by atoms with van der Waals surface area (Å²) in [7, 11) is 0. The van der Waals surface area contributed by atoms with Crippen molar-refractivity contribution in [3.05, 3.63) is 69.9 Å². The van der Waals surface area contributed by atoms with Crippen LogP contribution in [0.1, 0.15) is 87.0 Å². The van der Waals surface area contributed by atoms with E-state index >= 15 is 0 Å². The van der Waals surface area contributed by atoms with Crippen molar-refractivity contribution in [3.8, 4) is 0 Å². The molecule has 1 aromatic heterocycles. The second-order valence-corrected chi connectivity index (χ2v) is 11.0. The highest BCUT2D eigenvalue weighted by atomic mass is 35.5. The van der Waals surface area contributed by atoms with Crippen molar-refractivity contribution < 1.29 is 9.59 Å². The number of nitrogens with zero attached hydrogens (tertiary/aromatic N) is 1. The highest BCUT2D eigenvalue weighted by Crippen LogP contribution is 2.38. The zero-order valence-corrected chi connectivity index (χ0v) is 21.1. The average Bonchev–Trinajstić information content (AvgIpc) is 3.02. The number of carbonyl (C=O) groups excluding carboxylic acids is 2. The largest absolute Gasteiger partial charge is 0.344 e. The van der Waals surface area contributed by atoms with Gasteiger partial charge in [-0.05, 0) is 67.5 Å². The van der Waals surface area contributed by atoms with Gasteiger partial charge in [-0.3, -0.25) is 9.59 Å². The van der Waals surface area contributed by atoms with Crippen molar-refractivity contribution in [1.29, 1.82) is 0 Å². The van der Waals surface area contributed by atoms with E-state index in [1.165, 1.54) is 24.8 Å². The van der Waals surface area contributed by atoms with Crippen LogP contribution in [0.3, 0.4) is 0 Å². The van der Waals surface area contributed by atoms with Crippen molar-refractivity contribution in [2.24, 2.45) is 11.3 Å². The fourth-order valence-electron chi connectivity index (χ4n) is 4.65. The zero-order chi connectivity index (χ0) is 23.9. The van der Waals surface area contributed by atoms with E-state index < -0.39 is 5.41 Å². The SMILES string of the molecule is CC(=O)C(C)(C)Cc1c(C(=O)c2ccc(Cl)cc2)c2ccc(C(C)C)cc2n1CC1CCC1. The summed E-state index contributed by atoms with van der Waals surface area (Å²) in [6, 6.07) is 13.6. The lowest BCUT2D eigenvalue weighted by Crippen LogP contribution is -2.28. The predicted octanol–water partition coefficient (Wildman–Crippen LogP) is 7.61. The van der Waals surface area contributed by atoms with Gasteiger partial charge in [0.1, 0.15) is 5.78 Å². The number of aromatic nitrogens is 1. The van der Waals surface area contributed by atoms with E-state index in [1.54, 1.807) is 31.2 Å². The summed E-state index contributed by atoms with van der Waals surface area (Å²) in [4.78, 5) is 26.4. The summed E-state index contributed by atoms with van der Waals surface area (Å²) in [6.07, 6.45) is 4.25. The standard InChI is InChI=1S/C29H34ClNO2/c1-18(2)22-11-14-24-25(15-22)31(17-20-7-6-8-20)26(16-29(4,5)19(3)32)27(24)28(33)21-9-12-23(30)13-10-21/h9-15,18,20H,6-8,16-17H2,1-5H3. The highest BCUT2D eigenvalue weighted by Gasteiger charge is 2.32. The molecule has 0 aliphatic heterocycles. The van der Waals surface area contributed by atoms with E-state index in [0.29, 0.717) is 28.8 Å². The normalized spacial score (nSPS) is 14.6. The molecular weight excluding hydrogens is 430 g/mol. The first-order valence-electron chi connectivity index (χ1n) is 12.0. The van der Waals surface area contributed by atoms with Crippen LogP contribution in [-0.2, 0) is 17.8 Å². The monoisotopic (exact) mass is 463 g/mol. The summed E-state index contributed by atoms with van der Waals surface area (Å²) in [6.45, 7) is 10.9. The summed E-state index contributed by atoms with van der Waals surface area (Å²) in [5, 5.41) is 1.59. The molecule has 0 radical (unpaired) electrons. The molecule has 33 heavy (non-hydrogen) atoms. The van der Waals surface area contributed by atoms with Gasteiger partial charge in [-0.2, -0.15) is 0 Å². The van der Waals surface area contributed by atoms with Crippen LogP contribution in [0, 0.1) is 11.3 Å². The fraction of sp³-hybridized carbons (Fsp3) is 0.448. The minimum absolute atomic E-state index is 0.00400. The van der Waals surface area contributed by atoms with Gasteiger partial charge in [-0.1, -0.05) is 57.8 Å². The predicted molar refractivity (Wildman–Crippen MR) is 136 cm³/mol. The number of carbonyl (C=O) groups is 2. The Hall–Kier alpha value is -2.39. The molecule has 0 unspecified atom stereocenters. The van der Waals surface area contributed by atoms with E-state index in [1.807, 2.05) is 13.8 Å². The molecule has 1 fully saturated rings.